The third kappa shape index (κ3) is 5.60. The maximum absolute atomic E-state index is 13.3. The first kappa shape index (κ1) is 23.8. The zero-order valence-electron chi connectivity index (χ0n) is 19.4. The zero-order valence-corrected chi connectivity index (χ0v) is 20.1. The second-order valence-electron chi connectivity index (χ2n) is 9.08. The SMILES string of the molecule is CCc1ccc(CC2(C)Cc3cc(C(=O)N(CC(=O)O)Cc4ccc(Cl)cc4)ccc3O2)cc1. The molecule has 3 aromatic carbocycles. The molecule has 5 nitrogen and oxygen atoms in total. The van der Waals surface area contributed by atoms with E-state index in [0.29, 0.717) is 17.0 Å². The third-order valence-corrected chi connectivity index (χ3v) is 6.39. The molecule has 0 fully saturated rings. The topological polar surface area (TPSA) is 66.8 Å². The molecule has 0 bridgehead atoms. The van der Waals surface area contributed by atoms with Crippen LogP contribution in [0.1, 0.15) is 46.5 Å². The first-order valence-corrected chi connectivity index (χ1v) is 11.8. The molecular weight excluding hydrogens is 450 g/mol. The highest BCUT2D eigenvalue weighted by Crippen LogP contribution is 2.37. The minimum atomic E-state index is -1.06. The summed E-state index contributed by atoms with van der Waals surface area (Å²) < 4.78 is 6.29. The monoisotopic (exact) mass is 477 g/mol. The summed E-state index contributed by atoms with van der Waals surface area (Å²) >= 11 is 5.95. The van der Waals surface area contributed by atoms with Crippen LogP contribution in [0.5, 0.6) is 5.75 Å². The van der Waals surface area contributed by atoms with Gasteiger partial charge in [0.2, 0.25) is 0 Å². The van der Waals surface area contributed by atoms with Gasteiger partial charge in [-0.25, -0.2) is 0 Å². The number of benzene rings is 3. The van der Waals surface area contributed by atoms with Crippen LogP contribution in [0.3, 0.4) is 0 Å². The summed E-state index contributed by atoms with van der Waals surface area (Å²) in [4.78, 5) is 26.0. The van der Waals surface area contributed by atoms with E-state index in [2.05, 4.69) is 38.1 Å². The minimum Gasteiger partial charge on any atom is -0.487 e. The van der Waals surface area contributed by atoms with Crippen LogP contribution >= 0.6 is 11.6 Å². The lowest BCUT2D eigenvalue weighted by molar-refractivity contribution is -0.137. The Kier molecular flexibility index (Phi) is 6.94. The number of hydrogen-bond donors (Lipinski definition) is 1. The van der Waals surface area contributed by atoms with Crippen LogP contribution in [0.2, 0.25) is 5.02 Å². The number of carboxylic acids is 1. The van der Waals surface area contributed by atoms with Crippen molar-refractivity contribution in [2.75, 3.05) is 6.54 Å². The number of fused-ring (bicyclic) bond motifs is 1. The summed E-state index contributed by atoms with van der Waals surface area (Å²) in [5, 5.41) is 9.95. The van der Waals surface area contributed by atoms with Crippen molar-refractivity contribution in [1.29, 1.82) is 0 Å². The highest BCUT2D eigenvalue weighted by molar-refractivity contribution is 6.30. The van der Waals surface area contributed by atoms with Gasteiger partial charge < -0.3 is 14.7 Å². The van der Waals surface area contributed by atoms with E-state index in [1.54, 1.807) is 30.3 Å². The molecule has 0 radical (unpaired) electrons. The lowest BCUT2D eigenvalue weighted by Gasteiger charge is -2.24. The molecule has 34 heavy (non-hydrogen) atoms. The van der Waals surface area contributed by atoms with E-state index in [1.807, 2.05) is 12.1 Å². The molecule has 0 aliphatic carbocycles. The molecule has 1 atom stereocenters. The van der Waals surface area contributed by atoms with Gasteiger partial charge in [0, 0.05) is 30.0 Å². The highest BCUT2D eigenvalue weighted by Gasteiger charge is 2.35. The molecular formula is C28H28ClNO4. The Hall–Kier alpha value is -3.31. The summed E-state index contributed by atoms with van der Waals surface area (Å²) in [5.74, 6) is -0.621. The minimum absolute atomic E-state index is 0.182. The van der Waals surface area contributed by atoms with Crippen molar-refractivity contribution in [1.82, 2.24) is 4.90 Å². The maximum atomic E-state index is 13.3. The number of carboxylic acid groups (broad SMARTS) is 1. The Bertz CT molecular complexity index is 1190. The van der Waals surface area contributed by atoms with Gasteiger partial charge in [0.05, 0.1) is 0 Å². The molecule has 4 rings (SSSR count). The number of carbonyl (C=O) groups excluding carboxylic acids is 1. The molecule has 0 aromatic heterocycles. The number of hydrogen-bond acceptors (Lipinski definition) is 3. The molecule has 0 spiro atoms. The largest absolute Gasteiger partial charge is 0.487 e. The van der Waals surface area contributed by atoms with E-state index in [0.717, 1.165) is 29.7 Å². The van der Waals surface area contributed by atoms with Crippen LogP contribution in [0, 0.1) is 0 Å². The summed E-state index contributed by atoms with van der Waals surface area (Å²) in [6.07, 6.45) is 2.44. The van der Waals surface area contributed by atoms with Gasteiger partial charge in [-0.1, -0.05) is 54.9 Å². The van der Waals surface area contributed by atoms with Gasteiger partial charge in [0.1, 0.15) is 17.9 Å². The predicted octanol–water partition coefficient (Wildman–Crippen LogP) is 5.57. The van der Waals surface area contributed by atoms with Crippen molar-refractivity contribution in [3.05, 3.63) is 99.6 Å². The third-order valence-electron chi connectivity index (χ3n) is 6.14. The van der Waals surface area contributed by atoms with Crippen molar-refractivity contribution in [3.63, 3.8) is 0 Å². The van der Waals surface area contributed by atoms with E-state index in [4.69, 9.17) is 16.3 Å². The van der Waals surface area contributed by atoms with Crippen LogP contribution < -0.4 is 4.74 Å². The van der Waals surface area contributed by atoms with Crippen LogP contribution in [0.25, 0.3) is 0 Å². The molecule has 176 valence electrons. The van der Waals surface area contributed by atoms with Crippen molar-refractivity contribution in [2.45, 2.75) is 45.3 Å². The van der Waals surface area contributed by atoms with Gasteiger partial charge in [-0.15, -0.1) is 0 Å². The van der Waals surface area contributed by atoms with E-state index in [-0.39, 0.29) is 19.0 Å². The van der Waals surface area contributed by atoms with Crippen molar-refractivity contribution >= 4 is 23.5 Å². The smallest absolute Gasteiger partial charge is 0.323 e. The van der Waals surface area contributed by atoms with E-state index >= 15 is 0 Å². The Morgan fingerprint density at radius 1 is 1.00 bits per heavy atom. The first-order chi connectivity index (χ1) is 16.2. The van der Waals surface area contributed by atoms with Crippen LogP contribution in [-0.2, 0) is 30.6 Å². The Morgan fingerprint density at radius 3 is 2.29 bits per heavy atom. The van der Waals surface area contributed by atoms with Gasteiger partial charge in [0.25, 0.3) is 5.91 Å². The normalized spacial score (nSPS) is 16.6. The van der Waals surface area contributed by atoms with Crippen molar-refractivity contribution in [3.8, 4) is 5.75 Å². The Morgan fingerprint density at radius 2 is 1.65 bits per heavy atom. The zero-order chi connectivity index (χ0) is 24.3. The first-order valence-electron chi connectivity index (χ1n) is 11.4. The molecule has 1 aliphatic rings. The summed E-state index contributed by atoms with van der Waals surface area (Å²) in [6, 6.07) is 21.0. The molecule has 1 unspecified atom stereocenters. The Labute approximate surface area is 204 Å². The van der Waals surface area contributed by atoms with Crippen molar-refractivity contribution < 1.29 is 19.4 Å². The highest BCUT2D eigenvalue weighted by atomic mass is 35.5. The summed E-state index contributed by atoms with van der Waals surface area (Å²) in [7, 11) is 0. The van der Waals surface area contributed by atoms with Crippen molar-refractivity contribution in [2.24, 2.45) is 0 Å². The standard InChI is InChI=1S/C28H28ClNO4/c1-3-19-4-6-20(7-5-19)15-28(2)16-23-14-22(10-13-25(23)34-28)27(33)30(18-26(31)32)17-21-8-11-24(29)12-9-21/h4-14H,3,15-18H2,1-2H3,(H,31,32). The molecule has 1 amide bonds. The lowest BCUT2D eigenvalue weighted by Crippen LogP contribution is -2.35. The van der Waals surface area contributed by atoms with Gasteiger partial charge in [-0.3, -0.25) is 9.59 Å². The average molecular weight is 478 g/mol. The Balaban J connectivity index is 1.51. The van der Waals surface area contributed by atoms with E-state index in [9.17, 15) is 14.7 Å². The fraction of sp³-hybridized carbons (Fsp3) is 0.286. The summed E-state index contributed by atoms with van der Waals surface area (Å²) in [6.45, 7) is 4.01. The quantitative estimate of drug-likeness (QED) is 0.461. The second-order valence-corrected chi connectivity index (χ2v) is 9.52. The van der Waals surface area contributed by atoms with Gasteiger partial charge >= 0.3 is 5.97 Å². The molecule has 1 heterocycles. The van der Waals surface area contributed by atoms with E-state index in [1.165, 1.54) is 16.0 Å². The molecule has 1 aliphatic heterocycles. The van der Waals surface area contributed by atoms with Gasteiger partial charge in [-0.2, -0.15) is 0 Å². The number of rotatable bonds is 8. The molecule has 3 aromatic rings. The number of amides is 1. The lowest BCUT2D eigenvalue weighted by atomic mass is 9.91. The molecule has 0 saturated heterocycles. The predicted molar refractivity (Wildman–Crippen MR) is 133 cm³/mol. The number of aryl methyl sites for hydroxylation is 1. The van der Waals surface area contributed by atoms with Gasteiger partial charge in [-0.05, 0) is 65.9 Å². The number of aliphatic carboxylic acids is 1. The number of ether oxygens (including phenoxy) is 1. The number of carbonyl (C=O) groups is 2. The number of nitrogens with zero attached hydrogens (tertiary/aromatic N) is 1. The van der Waals surface area contributed by atoms with Crippen LogP contribution in [0.4, 0.5) is 0 Å². The van der Waals surface area contributed by atoms with E-state index < -0.39 is 11.6 Å². The number of halogens is 1. The second kappa shape index (κ2) is 9.90. The fourth-order valence-electron chi connectivity index (χ4n) is 4.43. The fourth-order valence-corrected chi connectivity index (χ4v) is 4.56. The summed E-state index contributed by atoms with van der Waals surface area (Å²) in [5.41, 5.74) is 4.33. The van der Waals surface area contributed by atoms with Crippen LogP contribution in [-0.4, -0.2) is 34.0 Å². The maximum Gasteiger partial charge on any atom is 0.323 e. The molecule has 0 saturated carbocycles. The average Bonchev–Trinajstić information content (AvgIpc) is 3.14. The van der Waals surface area contributed by atoms with Gasteiger partial charge in [0.15, 0.2) is 0 Å². The van der Waals surface area contributed by atoms with Crippen LogP contribution in [0.15, 0.2) is 66.7 Å². The molecule has 1 N–H and O–H groups in total. The molecule has 6 heteroatoms.